The second-order valence-corrected chi connectivity index (χ2v) is 12.0. The summed E-state index contributed by atoms with van der Waals surface area (Å²) in [6, 6.07) is 6.81. The zero-order valence-electron chi connectivity index (χ0n) is 21.8. The molecule has 2 aromatic carbocycles. The van der Waals surface area contributed by atoms with E-state index >= 15 is 0 Å². The minimum Gasteiger partial charge on any atom is -0.494 e. The molecule has 0 unspecified atom stereocenters. The van der Waals surface area contributed by atoms with Crippen molar-refractivity contribution in [2.75, 3.05) is 35.2 Å². The maximum absolute atomic E-state index is 14.0. The zero-order chi connectivity index (χ0) is 29.2. The molecule has 216 valence electrons. The number of ether oxygens (including phenoxy) is 2. The Morgan fingerprint density at radius 3 is 2.49 bits per heavy atom. The van der Waals surface area contributed by atoms with Crippen LogP contribution in [0.1, 0.15) is 33.6 Å². The van der Waals surface area contributed by atoms with Gasteiger partial charge in [0.25, 0.3) is 10.0 Å². The maximum atomic E-state index is 14.0. The largest absolute Gasteiger partial charge is 0.494 e. The lowest BCUT2D eigenvalue weighted by Crippen LogP contribution is -2.45. The van der Waals surface area contributed by atoms with E-state index < -0.39 is 45.7 Å². The number of aliphatic hydroxyl groups excluding tert-OH is 1. The number of fused-ring (bicyclic) bond motifs is 1. The van der Waals surface area contributed by atoms with E-state index in [0.29, 0.717) is 18.5 Å². The summed E-state index contributed by atoms with van der Waals surface area (Å²) < 4.78 is 92.3. The van der Waals surface area contributed by atoms with Gasteiger partial charge in [-0.1, -0.05) is 20.8 Å². The number of alkyl halides is 3. The molecular weight excluding hydrogens is 546 g/mol. The molecule has 1 heterocycles. The second-order valence-electron chi connectivity index (χ2n) is 10.1. The van der Waals surface area contributed by atoms with Crippen LogP contribution >= 0.6 is 0 Å². The van der Waals surface area contributed by atoms with Gasteiger partial charge < -0.3 is 19.9 Å². The summed E-state index contributed by atoms with van der Waals surface area (Å²) in [6.07, 6.45) is -7.74. The fourth-order valence-electron chi connectivity index (χ4n) is 4.15. The number of benzene rings is 2. The Morgan fingerprint density at radius 2 is 1.90 bits per heavy atom. The van der Waals surface area contributed by atoms with E-state index in [1.807, 2.05) is 0 Å². The van der Waals surface area contributed by atoms with Gasteiger partial charge in [0.05, 0.1) is 29.9 Å². The average Bonchev–Trinajstić information content (AvgIpc) is 2.84. The van der Waals surface area contributed by atoms with Gasteiger partial charge in [-0.3, -0.25) is 9.62 Å². The van der Waals surface area contributed by atoms with Crippen molar-refractivity contribution in [3.05, 3.63) is 42.2 Å². The molecule has 3 N–H and O–H groups in total. The first-order chi connectivity index (χ1) is 18.1. The molecule has 0 aromatic heterocycles. The van der Waals surface area contributed by atoms with E-state index in [-0.39, 0.29) is 35.2 Å². The van der Waals surface area contributed by atoms with Gasteiger partial charge in [-0.05, 0) is 43.2 Å². The highest BCUT2D eigenvalue weighted by atomic mass is 32.2. The Labute approximate surface area is 224 Å². The lowest BCUT2D eigenvalue weighted by Gasteiger charge is -2.37. The molecule has 0 spiro atoms. The number of rotatable bonds is 8. The van der Waals surface area contributed by atoms with Crippen LogP contribution in [0, 0.1) is 11.2 Å². The second kappa shape index (κ2) is 11.5. The van der Waals surface area contributed by atoms with Gasteiger partial charge in [0, 0.05) is 29.8 Å². The van der Waals surface area contributed by atoms with Crippen molar-refractivity contribution in [2.24, 2.45) is 5.41 Å². The van der Waals surface area contributed by atoms with E-state index in [4.69, 9.17) is 9.47 Å². The number of hydrogen-bond donors (Lipinski definition) is 3. The van der Waals surface area contributed by atoms with E-state index in [0.717, 1.165) is 22.5 Å². The van der Waals surface area contributed by atoms with Crippen molar-refractivity contribution in [1.82, 2.24) is 0 Å². The molecule has 0 aliphatic carbocycles. The number of sulfonamides is 1. The Hall–Kier alpha value is -3.26. The van der Waals surface area contributed by atoms with Crippen molar-refractivity contribution in [1.29, 1.82) is 0 Å². The van der Waals surface area contributed by atoms with E-state index in [9.17, 15) is 35.9 Å². The third-order valence-electron chi connectivity index (χ3n) is 5.99. The highest BCUT2D eigenvalue weighted by molar-refractivity contribution is 7.92. The van der Waals surface area contributed by atoms with E-state index in [1.165, 1.54) is 46.1 Å². The van der Waals surface area contributed by atoms with Crippen LogP contribution in [0.25, 0.3) is 0 Å². The van der Waals surface area contributed by atoms with Gasteiger partial charge in [-0.25, -0.2) is 17.6 Å². The van der Waals surface area contributed by atoms with Gasteiger partial charge in [-0.2, -0.15) is 13.2 Å². The summed E-state index contributed by atoms with van der Waals surface area (Å²) in [5.74, 6) is -1.03. The normalized spacial score (nSPS) is 16.6. The van der Waals surface area contributed by atoms with Crippen LogP contribution in [0.15, 0.2) is 41.3 Å². The molecule has 39 heavy (non-hydrogen) atoms. The Bertz CT molecular complexity index is 1280. The molecule has 1 aliphatic heterocycles. The smallest absolute Gasteiger partial charge is 0.426 e. The Morgan fingerprint density at radius 1 is 1.21 bits per heavy atom. The Kier molecular flexibility index (Phi) is 8.90. The number of methoxy groups -OCH3 is 1. The van der Waals surface area contributed by atoms with Crippen LogP contribution in [0.3, 0.4) is 0 Å². The summed E-state index contributed by atoms with van der Waals surface area (Å²) in [4.78, 5) is 12.1. The van der Waals surface area contributed by atoms with E-state index in [1.54, 1.807) is 0 Å². The summed E-state index contributed by atoms with van der Waals surface area (Å²) in [7, 11) is -3.10. The van der Waals surface area contributed by atoms with Crippen LogP contribution in [0.5, 0.6) is 5.75 Å². The van der Waals surface area contributed by atoms with Crippen LogP contribution in [0.4, 0.5) is 39.4 Å². The number of nitrogens with zero attached hydrogens (tertiary/aromatic N) is 1. The molecule has 0 fully saturated rings. The molecule has 0 bridgehead atoms. The van der Waals surface area contributed by atoms with Crippen molar-refractivity contribution >= 4 is 33.2 Å². The lowest BCUT2D eigenvalue weighted by molar-refractivity contribution is -0.229. The van der Waals surface area contributed by atoms with Crippen molar-refractivity contribution in [3.8, 4) is 5.75 Å². The predicted octanol–water partition coefficient (Wildman–Crippen LogP) is 5.12. The topological polar surface area (TPSA) is 117 Å². The first kappa shape index (κ1) is 30.3. The third-order valence-corrected chi connectivity index (χ3v) is 7.76. The van der Waals surface area contributed by atoms with Gasteiger partial charge in [0.15, 0.2) is 11.6 Å². The average molecular weight is 578 g/mol. The minimum absolute atomic E-state index is 0.0129. The van der Waals surface area contributed by atoms with Crippen LogP contribution < -0.4 is 19.7 Å². The third kappa shape index (κ3) is 7.04. The van der Waals surface area contributed by atoms with Crippen LogP contribution in [0.2, 0.25) is 0 Å². The van der Waals surface area contributed by atoms with Gasteiger partial charge in [0.2, 0.25) is 6.10 Å². The molecule has 3 rings (SSSR count). The number of carbonyl (C=O) groups excluding carboxylic acids is 1. The van der Waals surface area contributed by atoms with Crippen molar-refractivity contribution in [2.45, 2.75) is 56.8 Å². The van der Waals surface area contributed by atoms with Crippen molar-refractivity contribution in [3.63, 3.8) is 0 Å². The number of hydrogen-bond acceptors (Lipinski definition) is 7. The number of anilines is 3. The highest BCUT2D eigenvalue weighted by Crippen LogP contribution is 2.39. The molecule has 0 radical (unpaired) electrons. The molecule has 14 heteroatoms. The number of carbonyl (C=O) groups is 1. The monoisotopic (exact) mass is 577 g/mol. The van der Waals surface area contributed by atoms with Crippen LogP contribution in [-0.2, 0) is 14.8 Å². The predicted molar refractivity (Wildman–Crippen MR) is 137 cm³/mol. The van der Waals surface area contributed by atoms with Gasteiger partial charge in [-0.15, -0.1) is 0 Å². The molecule has 1 aliphatic rings. The number of nitrogens with one attached hydrogen (secondary N) is 2. The summed E-state index contributed by atoms with van der Waals surface area (Å²) in [5.41, 5.74) is -0.982. The quantitative estimate of drug-likeness (QED) is 0.373. The number of amides is 1. The molecule has 9 nitrogen and oxygen atoms in total. The first-order valence-corrected chi connectivity index (χ1v) is 13.4. The van der Waals surface area contributed by atoms with E-state index in [2.05, 4.69) is 10.6 Å². The van der Waals surface area contributed by atoms with Gasteiger partial charge in [0.1, 0.15) is 0 Å². The molecular formula is C25H31F4N3O6S. The van der Waals surface area contributed by atoms with Crippen LogP contribution in [-0.4, -0.2) is 58.2 Å². The molecule has 1 amide bonds. The molecule has 2 atom stereocenters. The fraction of sp³-hybridized carbons (Fsp3) is 0.480. The standard InChI is InChI=1S/C25H31F4N3O6S/c1-24(2,3)22(25(27,28)29)38-23(34)31-15-7-10-19-20(12-15)32(14-16(30-19)6-5-11-33)39(35,36)17-8-9-18(26)21(13-17)37-4/h7-10,12-13,16,22,30,33H,5-6,11,14H2,1-4H3,(H,31,34)/t16-,22+/m0/s1. The zero-order valence-corrected chi connectivity index (χ0v) is 22.6. The SMILES string of the molecule is COc1cc(S(=O)(=O)N2C[C@H](CCCO)Nc3ccc(NC(=O)O[C@H](C(C)(C)C)C(F)(F)F)cc32)ccc1F. The lowest BCUT2D eigenvalue weighted by atomic mass is 9.88. The summed E-state index contributed by atoms with van der Waals surface area (Å²) in [6.45, 7) is 3.66. The summed E-state index contributed by atoms with van der Waals surface area (Å²) >= 11 is 0. The highest BCUT2D eigenvalue weighted by Gasteiger charge is 2.50. The van der Waals surface area contributed by atoms with Gasteiger partial charge >= 0.3 is 12.3 Å². The minimum atomic E-state index is -4.81. The molecule has 0 saturated carbocycles. The number of halogens is 4. The molecule has 2 aromatic rings. The molecule has 0 saturated heterocycles. The first-order valence-electron chi connectivity index (χ1n) is 12.0. The van der Waals surface area contributed by atoms with Crippen molar-refractivity contribution < 1.29 is 45.4 Å². The summed E-state index contributed by atoms with van der Waals surface area (Å²) in [5, 5.41) is 14.6. The maximum Gasteiger partial charge on any atom is 0.426 e. The Balaban J connectivity index is 1.97. The number of aliphatic hydroxyl groups is 1. The fourth-order valence-corrected chi connectivity index (χ4v) is 5.68.